The molecule has 0 saturated heterocycles. The Morgan fingerprint density at radius 3 is 2.85 bits per heavy atom. The average molecular weight is 291 g/mol. The molecule has 1 aliphatic carbocycles. The van der Waals surface area contributed by atoms with Crippen LogP contribution in [0, 0.1) is 5.41 Å². The van der Waals surface area contributed by atoms with E-state index in [1.165, 1.54) is 32.1 Å². The Morgan fingerprint density at radius 2 is 2.15 bits per heavy atom. The van der Waals surface area contributed by atoms with Gasteiger partial charge in [0.15, 0.2) is 0 Å². The lowest BCUT2D eigenvalue weighted by molar-refractivity contribution is 0.306. The third-order valence-electron chi connectivity index (χ3n) is 4.48. The standard InChI is InChI=1S/C14H21N5S/c1-2-14(6-3-4-7-14)9-16-12-11-10(5-8-20-11)17-13(18-12)19-15/h5,8H,2-4,6-7,9,15H2,1H3,(H2,16,17,18,19). The van der Waals surface area contributed by atoms with Gasteiger partial charge in [-0.3, -0.25) is 5.43 Å². The van der Waals surface area contributed by atoms with Gasteiger partial charge in [-0.1, -0.05) is 19.8 Å². The van der Waals surface area contributed by atoms with Crippen molar-refractivity contribution < 1.29 is 0 Å². The van der Waals surface area contributed by atoms with Crippen LogP contribution in [0.2, 0.25) is 0 Å². The summed E-state index contributed by atoms with van der Waals surface area (Å²) in [4.78, 5) is 8.82. The van der Waals surface area contributed by atoms with Crippen molar-refractivity contribution in [2.24, 2.45) is 11.3 Å². The number of nitrogens with zero attached hydrogens (tertiary/aromatic N) is 2. The van der Waals surface area contributed by atoms with Crippen LogP contribution < -0.4 is 16.6 Å². The molecule has 0 aliphatic heterocycles. The van der Waals surface area contributed by atoms with Crippen LogP contribution in [0.4, 0.5) is 11.8 Å². The molecule has 1 saturated carbocycles. The summed E-state index contributed by atoms with van der Waals surface area (Å²) in [7, 11) is 0. The maximum Gasteiger partial charge on any atom is 0.239 e. The molecular formula is C14H21N5S. The molecule has 1 aliphatic rings. The van der Waals surface area contributed by atoms with E-state index in [0.717, 1.165) is 22.6 Å². The Bertz CT molecular complexity index is 588. The Labute approximate surface area is 123 Å². The van der Waals surface area contributed by atoms with Gasteiger partial charge in [-0.25, -0.2) is 10.8 Å². The molecule has 6 heteroatoms. The molecular weight excluding hydrogens is 270 g/mol. The van der Waals surface area contributed by atoms with E-state index < -0.39 is 0 Å². The number of hydrogen-bond donors (Lipinski definition) is 3. The monoisotopic (exact) mass is 291 g/mol. The SMILES string of the molecule is CCC1(CNc2nc(NN)nc3ccsc23)CCCC1. The Kier molecular flexibility index (Phi) is 3.76. The quantitative estimate of drug-likeness (QED) is 0.582. The van der Waals surface area contributed by atoms with E-state index in [4.69, 9.17) is 5.84 Å². The molecule has 108 valence electrons. The molecule has 2 aromatic rings. The Balaban J connectivity index is 1.84. The highest BCUT2D eigenvalue weighted by Gasteiger charge is 2.31. The van der Waals surface area contributed by atoms with Crippen LogP contribution in [0.25, 0.3) is 10.2 Å². The number of anilines is 2. The van der Waals surface area contributed by atoms with E-state index in [9.17, 15) is 0 Å². The predicted molar refractivity (Wildman–Crippen MR) is 84.9 cm³/mol. The van der Waals surface area contributed by atoms with E-state index in [1.54, 1.807) is 11.3 Å². The van der Waals surface area contributed by atoms with Crippen molar-refractivity contribution in [1.82, 2.24) is 9.97 Å². The summed E-state index contributed by atoms with van der Waals surface area (Å²) in [6, 6.07) is 2.00. The second-order valence-corrected chi connectivity index (χ2v) is 6.51. The minimum atomic E-state index is 0.435. The molecule has 0 atom stereocenters. The lowest BCUT2D eigenvalue weighted by Crippen LogP contribution is -2.26. The number of nitrogens with two attached hydrogens (primary N) is 1. The van der Waals surface area contributed by atoms with E-state index in [2.05, 4.69) is 27.6 Å². The van der Waals surface area contributed by atoms with Gasteiger partial charge in [-0.15, -0.1) is 11.3 Å². The average Bonchev–Trinajstić information content (AvgIpc) is 3.14. The molecule has 1 fully saturated rings. The number of rotatable bonds is 5. The van der Waals surface area contributed by atoms with Crippen molar-refractivity contribution >= 4 is 33.3 Å². The van der Waals surface area contributed by atoms with Gasteiger partial charge in [-0.2, -0.15) is 4.98 Å². The second kappa shape index (κ2) is 5.54. The first-order valence-corrected chi connectivity index (χ1v) is 8.10. The van der Waals surface area contributed by atoms with Gasteiger partial charge in [0, 0.05) is 6.54 Å². The van der Waals surface area contributed by atoms with E-state index in [1.807, 2.05) is 11.4 Å². The fourth-order valence-electron chi connectivity index (χ4n) is 3.10. The van der Waals surface area contributed by atoms with E-state index in [0.29, 0.717) is 11.4 Å². The molecule has 20 heavy (non-hydrogen) atoms. The van der Waals surface area contributed by atoms with Crippen LogP contribution in [-0.4, -0.2) is 16.5 Å². The van der Waals surface area contributed by atoms with Gasteiger partial charge >= 0.3 is 0 Å². The van der Waals surface area contributed by atoms with Crippen molar-refractivity contribution in [2.45, 2.75) is 39.0 Å². The number of hydrazine groups is 1. The van der Waals surface area contributed by atoms with Gasteiger partial charge in [0.2, 0.25) is 5.95 Å². The molecule has 0 radical (unpaired) electrons. The van der Waals surface area contributed by atoms with Gasteiger partial charge < -0.3 is 5.32 Å². The Hall–Kier alpha value is -1.40. The van der Waals surface area contributed by atoms with Gasteiger partial charge in [0.1, 0.15) is 5.82 Å². The molecule has 2 heterocycles. The zero-order chi connectivity index (χ0) is 14.0. The van der Waals surface area contributed by atoms with Crippen molar-refractivity contribution in [1.29, 1.82) is 0 Å². The highest BCUT2D eigenvalue weighted by molar-refractivity contribution is 7.17. The summed E-state index contributed by atoms with van der Waals surface area (Å²) in [6.45, 7) is 3.28. The summed E-state index contributed by atoms with van der Waals surface area (Å²) in [6.07, 6.45) is 6.56. The molecule has 2 aromatic heterocycles. The molecule has 0 unspecified atom stereocenters. The van der Waals surface area contributed by atoms with Crippen LogP contribution in [0.1, 0.15) is 39.0 Å². The minimum Gasteiger partial charge on any atom is -0.368 e. The predicted octanol–water partition coefficient (Wildman–Crippen LogP) is 3.36. The normalized spacial score (nSPS) is 17.5. The minimum absolute atomic E-state index is 0.435. The van der Waals surface area contributed by atoms with Gasteiger partial charge in [-0.05, 0) is 36.1 Å². The second-order valence-electron chi connectivity index (χ2n) is 5.59. The number of hydrogen-bond acceptors (Lipinski definition) is 6. The van der Waals surface area contributed by atoms with Crippen LogP contribution in [0.3, 0.4) is 0 Å². The molecule has 0 aromatic carbocycles. The summed E-state index contributed by atoms with van der Waals surface area (Å²) < 4.78 is 1.10. The van der Waals surface area contributed by atoms with Gasteiger partial charge in [0.05, 0.1) is 10.2 Å². The van der Waals surface area contributed by atoms with Crippen molar-refractivity contribution in [2.75, 3.05) is 17.3 Å². The first-order chi connectivity index (χ1) is 9.76. The maximum absolute atomic E-state index is 5.45. The van der Waals surface area contributed by atoms with Crippen molar-refractivity contribution in [3.05, 3.63) is 11.4 Å². The maximum atomic E-state index is 5.45. The summed E-state index contributed by atoms with van der Waals surface area (Å²) in [5.41, 5.74) is 3.92. The summed E-state index contributed by atoms with van der Waals surface area (Å²) in [5.74, 6) is 6.82. The zero-order valence-corrected chi connectivity index (χ0v) is 12.6. The molecule has 0 spiro atoms. The first kappa shape index (κ1) is 13.6. The van der Waals surface area contributed by atoms with Crippen molar-refractivity contribution in [3.63, 3.8) is 0 Å². The first-order valence-electron chi connectivity index (χ1n) is 7.22. The largest absolute Gasteiger partial charge is 0.368 e. The third-order valence-corrected chi connectivity index (χ3v) is 5.39. The highest BCUT2D eigenvalue weighted by Crippen LogP contribution is 2.41. The third kappa shape index (κ3) is 2.45. The number of nitrogens with one attached hydrogen (secondary N) is 2. The smallest absolute Gasteiger partial charge is 0.239 e. The molecule has 5 nitrogen and oxygen atoms in total. The fraction of sp³-hybridized carbons (Fsp3) is 0.571. The summed E-state index contributed by atoms with van der Waals surface area (Å²) in [5, 5.41) is 5.58. The number of fused-ring (bicyclic) bond motifs is 1. The molecule has 4 N–H and O–H groups in total. The van der Waals surface area contributed by atoms with E-state index >= 15 is 0 Å². The van der Waals surface area contributed by atoms with Crippen molar-refractivity contribution in [3.8, 4) is 0 Å². The molecule has 0 bridgehead atoms. The molecule has 0 amide bonds. The molecule has 3 rings (SSSR count). The van der Waals surface area contributed by atoms with Crippen LogP contribution in [-0.2, 0) is 0 Å². The lowest BCUT2D eigenvalue weighted by atomic mass is 9.83. The highest BCUT2D eigenvalue weighted by atomic mass is 32.1. The number of thiophene rings is 1. The topological polar surface area (TPSA) is 75.9 Å². The van der Waals surface area contributed by atoms with Gasteiger partial charge in [0.25, 0.3) is 0 Å². The summed E-state index contributed by atoms with van der Waals surface area (Å²) >= 11 is 1.67. The number of nitrogen functional groups attached to an aromatic ring is 1. The van der Waals surface area contributed by atoms with Crippen LogP contribution >= 0.6 is 11.3 Å². The van der Waals surface area contributed by atoms with E-state index in [-0.39, 0.29) is 0 Å². The number of aromatic nitrogens is 2. The zero-order valence-electron chi connectivity index (χ0n) is 11.8. The van der Waals surface area contributed by atoms with Crippen LogP contribution in [0.5, 0.6) is 0 Å². The Morgan fingerprint density at radius 1 is 1.35 bits per heavy atom. The lowest BCUT2D eigenvalue weighted by Gasteiger charge is -2.28. The van der Waals surface area contributed by atoms with Crippen LogP contribution in [0.15, 0.2) is 11.4 Å². The fourth-order valence-corrected chi connectivity index (χ4v) is 3.90.